The van der Waals surface area contributed by atoms with Gasteiger partial charge in [0.2, 0.25) is 0 Å². The molecule has 4 nitrogen and oxygen atoms in total. The van der Waals surface area contributed by atoms with Gasteiger partial charge < -0.3 is 4.90 Å². The highest BCUT2D eigenvalue weighted by atomic mass is 19.1. The molecular weight excluding hydrogens is 269 g/mol. The first-order chi connectivity index (χ1) is 10.1. The first-order valence-corrected chi connectivity index (χ1v) is 6.80. The molecule has 2 rings (SSSR count). The Hall–Kier alpha value is -2.48. The van der Waals surface area contributed by atoms with Gasteiger partial charge in [0, 0.05) is 23.7 Å². The minimum absolute atomic E-state index is 0.0384. The van der Waals surface area contributed by atoms with Crippen molar-refractivity contribution in [1.82, 2.24) is 9.88 Å². The number of hydrogen-bond donors (Lipinski definition) is 0. The Morgan fingerprint density at radius 1 is 1.43 bits per heavy atom. The van der Waals surface area contributed by atoms with Gasteiger partial charge in [-0.25, -0.2) is 4.39 Å². The predicted molar refractivity (Wildman–Crippen MR) is 78.2 cm³/mol. The van der Waals surface area contributed by atoms with Crippen LogP contribution in [0.15, 0.2) is 24.3 Å². The lowest BCUT2D eigenvalue weighted by Crippen LogP contribution is -2.32. The van der Waals surface area contributed by atoms with E-state index in [0.29, 0.717) is 28.7 Å². The van der Waals surface area contributed by atoms with E-state index in [9.17, 15) is 9.18 Å². The first-order valence-electron chi connectivity index (χ1n) is 6.80. The maximum Gasteiger partial charge on any atom is 0.255 e. The highest BCUT2D eigenvalue weighted by Gasteiger charge is 2.18. The molecule has 0 N–H and O–H groups in total. The van der Waals surface area contributed by atoms with Crippen LogP contribution >= 0.6 is 0 Å². The molecule has 0 atom stereocenters. The van der Waals surface area contributed by atoms with Crippen LogP contribution in [-0.2, 0) is 0 Å². The van der Waals surface area contributed by atoms with Gasteiger partial charge in [-0.15, -0.1) is 0 Å². The predicted octanol–water partition coefficient (Wildman–Crippen LogP) is 3.06. The number of rotatable bonds is 4. The van der Waals surface area contributed by atoms with Crippen molar-refractivity contribution >= 4 is 16.8 Å². The number of nitriles is 1. The summed E-state index contributed by atoms with van der Waals surface area (Å²) in [6.07, 6.45) is 0.768. The van der Waals surface area contributed by atoms with Crippen molar-refractivity contribution in [3.05, 3.63) is 41.3 Å². The summed E-state index contributed by atoms with van der Waals surface area (Å²) in [7, 11) is 0. The van der Waals surface area contributed by atoms with Gasteiger partial charge in [-0.1, -0.05) is 6.92 Å². The number of fused-ring (bicyclic) bond motifs is 1. The largest absolute Gasteiger partial charge is 0.325 e. The van der Waals surface area contributed by atoms with Crippen LogP contribution in [0, 0.1) is 24.1 Å². The zero-order valence-electron chi connectivity index (χ0n) is 12.1. The van der Waals surface area contributed by atoms with E-state index < -0.39 is 0 Å². The average Bonchev–Trinajstić information content (AvgIpc) is 2.45. The zero-order valence-corrected chi connectivity index (χ0v) is 12.1. The van der Waals surface area contributed by atoms with Crippen molar-refractivity contribution in [1.29, 1.82) is 5.26 Å². The lowest BCUT2D eigenvalue weighted by molar-refractivity contribution is 0.0778. The lowest BCUT2D eigenvalue weighted by Gasteiger charge is -2.20. The second kappa shape index (κ2) is 6.31. The zero-order chi connectivity index (χ0) is 15.4. The van der Waals surface area contributed by atoms with Crippen LogP contribution in [0.2, 0.25) is 0 Å². The van der Waals surface area contributed by atoms with Gasteiger partial charge in [-0.05, 0) is 31.5 Å². The van der Waals surface area contributed by atoms with E-state index in [1.54, 1.807) is 19.1 Å². The van der Waals surface area contributed by atoms with Crippen LogP contribution in [-0.4, -0.2) is 28.9 Å². The molecule has 0 aliphatic carbocycles. The fraction of sp³-hybridized carbons (Fsp3) is 0.312. The summed E-state index contributed by atoms with van der Waals surface area (Å²) in [6, 6.07) is 7.87. The Balaban J connectivity index is 2.54. The molecule has 0 bridgehead atoms. The molecule has 1 aromatic heterocycles. The molecule has 0 aliphatic rings. The van der Waals surface area contributed by atoms with Crippen LogP contribution in [0.25, 0.3) is 10.9 Å². The molecule has 0 unspecified atom stereocenters. The van der Waals surface area contributed by atoms with Crippen molar-refractivity contribution in [2.24, 2.45) is 0 Å². The van der Waals surface area contributed by atoms with E-state index in [2.05, 4.69) is 4.98 Å². The number of nitrogens with zero attached hydrogens (tertiary/aromatic N) is 3. The first kappa shape index (κ1) is 14.9. The fourth-order valence-corrected chi connectivity index (χ4v) is 2.29. The molecule has 1 amide bonds. The molecule has 0 aliphatic heterocycles. The number of aryl methyl sites for hydroxylation is 1. The number of pyridine rings is 1. The summed E-state index contributed by atoms with van der Waals surface area (Å²) >= 11 is 0. The Labute approximate surface area is 122 Å². The number of amides is 1. The van der Waals surface area contributed by atoms with Crippen LogP contribution in [0.3, 0.4) is 0 Å². The van der Waals surface area contributed by atoms with Gasteiger partial charge in [0.25, 0.3) is 5.91 Å². The Kier molecular flexibility index (Phi) is 4.49. The SMILES string of the molecule is CCCN(CC#N)C(=O)c1cc(C)nc2cc(F)ccc12. The van der Waals surface area contributed by atoms with E-state index in [1.165, 1.54) is 17.0 Å². The monoisotopic (exact) mass is 285 g/mol. The van der Waals surface area contributed by atoms with Crippen molar-refractivity contribution in [3.8, 4) is 6.07 Å². The van der Waals surface area contributed by atoms with Gasteiger partial charge in [0.05, 0.1) is 17.1 Å². The molecule has 0 radical (unpaired) electrons. The summed E-state index contributed by atoms with van der Waals surface area (Å²) in [5, 5.41) is 9.46. The fourth-order valence-electron chi connectivity index (χ4n) is 2.29. The molecule has 1 aromatic carbocycles. The molecular formula is C16H16FN3O. The number of halogens is 1. The standard InChI is InChI=1S/C16H16FN3O/c1-3-7-20(8-6-18)16(21)14-9-11(2)19-15-10-12(17)4-5-13(14)15/h4-5,9-10H,3,7-8H2,1-2H3. The normalized spacial score (nSPS) is 10.4. The van der Waals surface area contributed by atoms with Gasteiger partial charge in [0.15, 0.2) is 0 Å². The molecule has 0 saturated carbocycles. The van der Waals surface area contributed by atoms with Crippen molar-refractivity contribution in [2.45, 2.75) is 20.3 Å². The number of aromatic nitrogens is 1. The van der Waals surface area contributed by atoms with E-state index in [0.717, 1.165) is 6.42 Å². The Morgan fingerprint density at radius 2 is 2.19 bits per heavy atom. The second-order valence-electron chi connectivity index (χ2n) is 4.86. The molecule has 21 heavy (non-hydrogen) atoms. The summed E-state index contributed by atoms with van der Waals surface area (Å²) in [5.74, 6) is -0.609. The lowest BCUT2D eigenvalue weighted by atomic mass is 10.1. The smallest absolute Gasteiger partial charge is 0.255 e. The highest BCUT2D eigenvalue weighted by molar-refractivity contribution is 6.06. The van der Waals surface area contributed by atoms with Crippen LogP contribution < -0.4 is 0 Å². The van der Waals surface area contributed by atoms with E-state index in [1.807, 2.05) is 13.0 Å². The van der Waals surface area contributed by atoms with Crippen LogP contribution in [0.5, 0.6) is 0 Å². The number of benzene rings is 1. The summed E-state index contributed by atoms with van der Waals surface area (Å²) < 4.78 is 13.3. The van der Waals surface area contributed by atoms with Gasteiger partial charge >= 0.3 is 0 Å². The van der Waals surface area contributed by atoms with Crippen molar-refractivity contribution in [3.63, 3.8) is 0 Å². The second-order valence-corrected chi connectivity index (χ2v) is 4.86. The van der Waals surface area contributed by atoms with Gasteiger partial charge in [-0.2, -0.15) is 5.26 Å². The van der Waals surface area contributed by atoms with E-state index in [4.69, 9.17) is 5.26 Å². The molecule has 5 heteroatoms. The molecule has 0 fully saturated rings. The van der Waals surface area contributed by atoms with Crippen molar-refractivity contribution < 1.29 is 9.18 Å². The van der Waals surface area contributed by atoms with Gasteiger partial charge in [-0.3, -0.25) is 9.78 Å². The summed E-state index contributed by atoms with van der Waals surface area (Å²) in [6.45, 7) is 4.26. The number of hydrogen-bond acceptors (Lipinski definition) is 3. The Morgan fingerprint density at radius 3 is 2.86 bits per heavy atom. The topological polar surface area (TPSA) is 57.0 Å². The molecule has 1 heterocycles. The van der Waals surface area contributed by atoms with Crippen LogP contribution in [0.4, 0.5) is 4.39 Å². The van der Waals surface area contributed by atoms with Gasteiger partial charge in [0.1, 0.15) is 12.4 Å². The maximum absolute atomic E-state index is 13.3. The third-order valence-electron chi connectivity index (χ3n) is 3.17. The summed E-state index contributed by atoms with van der Waals surface area (Å²) in [4.78, 5) is 18.4. The molecule has 108 valence electrons. The minimum atomic E-state index is -0.388. The quantitative estimate of drug-likeness (QED) is 0.811. The highest BCUT2D eigenvalue weighted by Crippen LogP contribution is 2.21. The third kappa shape index (κ3) is 3.16. The average molecular weight is 285 g/mol. The minimum Gasteiger partial charge on any atom is -0.325 e. The van der Waals surface area contributed by atoms with Crippen molar-refractivity contribution in [2.75, 3.05) is 13.1 Å². The third-order valence-corrected chi connectivity index (χ3v) is 3.17. The molecule has 0 saturated heterocycles. The Bertz CT molecular complexity index is 716. The number of carbonyl (C=O) groups excluding carboxylic acids is 1. The van der Waals surface area contributed by atoms with E-state index >= 15 is 0 Å². The molecule has 2 aromatic rings. The summed E-state index contributed by atoms with van der Waals surface area (Å²) in [5.41, 5.74) is 1.55. The van der Waals surface area contributed by atoms with Crippen LogP contribution in [0.1, 0.15) is 29.4 Å². The molecule has 0 spiro atoms. The maximum atomic E-state index is 13.3. The van der Waals surface area contributed by atoms with E-state index in [-0.39, 0.29) is 18.3 Å². The number of carbonyl (C=O) groups is 1.